The van der Waals surface area contributed by atoms with Crippen molar-refractivity contribution in [1.82, 2.24) is 4.98 Å². The maximum absolute atomic E-state index is 13.0. The first kappa shape index (κ1) is 21.2. The molecule has 1 heterocycles. The van der Waals surface area contributed by atoms with Crippen LogP contribution in [0.15, 0.2) is 71.9 Å². The first-order valence-electron chi connectivity index (χ1n) is 9.14. The fourth-order valence-electron chi connectivity index (χ4n) is 3.01. The summed E-state index contributed by atoms with van der Waals surface area (Å²) in [6.45, 7) is 6.21. The zero-order valence-electron chi connectivity index (χ0n) is 16.5. The molecule has 0 N–H and O–H groups in total. The van der Waals surface area contributed by atoms with Crippen LogP contribution < -0.4 is 0 Å². The maximum atomic E-state index is 13.0. The summed E-state index contributed by atoms with van der Waals surface area (Å²) in [5.41, 5.74) is 2.11. The van der Waals surface area contributed by atoms with Crippen molar-refractivity contribution in [3.05, 3.63) is 94.3 Å². The van der Waals surface area contributed by atoms with E-state index in [-0.39, 0.29) is 21.8 Å². The predicted octanol–water partition coefficient (Wildman–Crippen LogP) is 5.24. The minimum Gasteiger partial charge on any atom is -0.289 e. The van der Waals surface area contributed by atoms with E-state index in [4.69, 9.17) is 11.6 Å². The molecule has 0 atom stereocenters. The van der Waals surface area contributed by atoms with E-state index in [0.717, 1.165) is 5.56 Å². The van der Waals surface area contributed by atoms with Crippen LogP contribution in [0.4, 0.5) is 0 Å². The summed E-state index contributed by atoms with van der Waals surface area (Å²) < 4.78 is 26.0. The standard InChI is InChI=1S/C23H22ClNO3S/c1-23(2,3)18-4-7-20(8-5-18)29(27,28)15-17-14-19(24)6-9-21(17)22(26)16-10-12-25-13-11-16/h4-14H,15H2,1-3H3. The summed E-state index contributed by atoms with van der Waals surface area (Å²) in [6.07, 6.45) is 3.05. The van der Waals surface area contributed by atoms with Crippen molar-refractivity contribution in [1.29, 1.82) is 0 Å². The number of carbonyl (C=O) groups is 1. The lowest BCUT2D eigenvalue weighted by molar-refractivity contribution is 0.103. The largest absolute Gasteiger partial charge is 0.289 e. The van der Waals surface area contributed by atoms with Gasteiger partial charge in [-0.15, -0.1) is 0 Å². The minimum atomic E-state index is -3.65. The van der Waals surface area contributed by atoms with E-state index in [0.29, 0.717) is 21.7 Å². The Bertz CT molecular complexity index is 1130. The highest BCUT2D eigenvalue weighted by atomic mass is 35.5. The Kier molecular flexibility index (Phi) is 5.92. The molecule has 0 aliphatic carbocycles. The molecular formula is C23H22ClNO3S. The van der Waals surface area contributed by atoms with E-state index in [1.165, 1.54) is 18.5 Å². The SMILES string of the molecule is CC(C)(C)c1ccc(S(=O)(=O)Cc2cc(Cl)ccc2C(=O)c2ccncc2)cc1. The number of sulfone groups is 1. The number of rotatable bonds is 5. The molecule has 0 saturated heterocycles. The molecule has 0 unspecified atom stereocenters. The Morgan fingerprint density at radius 3 is 2.17 bits per heavy atom. The lowest BCUT2D eigenvalue weighted by atomic mass is 9.87. The van der Waals surface area contributed by atoms with Gasteiger partial charge in [0.1, 0.15) is 0 Å². The van der Waals surface area contributed by atoms with Crippen LogP contribution in [-0.4, -0.2) is 19.2 Å². The molecule has 0 aliphatic heterocycles. The van der Waals surface area contributed by atoms with Crippen molar-refractivity contribution >= 4 is 27.2 Å². The summed E-state index contributed by atoms with van der Waals surface area (Å²) in [6, 6.07) is 14.8. The van der Waals surface area contributed by atoms with Gasteiger partial charge in [-0.05, 0) is 59.0 Å². The molecule has 0 saturated carbocycles. The van der Waals surface area contributed by atoms with Gasteiger partial charge in [0.2, 0.25) is 0 Å². The van der Waals surface area contributed by atoms with Gasteiger partial charge in [0.05, 0.1) is 10.6 Å². The number of carbonyl (C=O) groups excluding carboxylic acids is 1. The fourth-order valence-corrected chi connectivity index (χ4v) is 4.57. The lowest BCUT2D eigenvalue weighted by Crippen LogP contribution is -2.13. The minimum absolute atomic E-state index is 0.0701. The first-order chi connectivity index (χ1) is 13.6. The topological polar surface area (TPSA) is 64.1 Å². The number of hydrogen-bond donors (Lipinski definition) is 0. The smallest absolute Gasteiger partial charge is 0.193 e. The van der Waals surface area contributed by atoms with E-state index >= 15 is 0 Å². The van der Waals surface area contributed by atoms with E-state index in [1.807, 2.05) is 12.1 Å². The highest BCUT2D eigenvalue weighted by molar-refractivity contribution is 7.90. The van der Waals surface area contributed by atoms with Gasteiger partial charge >= 0.3 is 0 Å². The summed E-state index contributed by atoms with van der Waals surface area (Å²) >= 11 is 6.10. The average molecular weight is 428 g/mol. The molecule has 0 aliphatic rings. The molecule has 0 spiro atoms. The fraction of sp³-hybridized carbons (Fsp3) is 0.217. The Morgan fingerprint density at radius 1 is 0.966 bits per heavy atom. The highest BCUT2D eigenvalue weighted by Crippen LogP contribution is 2.27. The molecule has 0 fully saturated rings. The number of pyridine rings is 1. The first-order valence-corrected chi connectivity index (χ1v) is 11.2. The van der Waals surface area contributed by atoms with Crippen LogP contribution in [0.1, 0.15) is 47.8 Å². The molecule has 29 heavy (non-hydrogen) atoms. The van der Waals surface area contributed by atoms with Gasteiger partial charge < -0.3 is 0 Å². The van der Waals surface area contributed by atoms with E-state index in [9.17, 15) is 13.2 Å². The number of aromatic nitrogens is 1. The maximum Gasteiger partial charge on any atom is 0.193 e. The quantitative estimate of drug-likeness (QED) is 0.522. The molecular weight excluding hydrogens is 406 g/mol. The Balaban J connectivity index is 1.97. The third-order valence-corrected chi connectivity index (χ3v) is 6.60. The molecule has 150 valence electrons. The van der Waals surface area contributed by atoms with E-state index < -0.39 is 9.84 Å². The van der Waals surface area contributed by atoms with Crippen molar-refractivity contribution in [3.8, 4) is 0 Å². The van der Waals surface area contributed by atoms with Crippen LogP contribution in [0, 0.1) is 0 Å². The van der Waals surface area contributed by atoms with Crippen molar-refractivity contribution < 1.29 is 13.2 Å². The Labute approximate surface area is 176 Å². The zero-order valence-corrected chi connectivity index (χ0v) is 18.1. The number of halogens is 1. The summed E-state index contributed by atoms with van der Waals surface area (Å²) in [4.78, 5) is 17.0. The van der Waals surface area contributed by atoms with Crippen LogP contribution in [0.3, 0.4) is 0 Å². The molecule has 1 aromatic heterocycles. The van der Waals surface area contributed by atoms with E-state index in [2.05, 4.69) is 25.8 Å². The molecule has 4 nitrogen and oxygen atoms in total. The molecule has 6 heteroatoms. The molecule has 3 rings (SSSR count). The number of ketones is 1. The molecule has 3 aromatic rings. The summed E-state index contributed by atoms with van der Waals surface area (Å²) in [7, 11) is -3.65. The van der Waals surface area contributed by atoms with Crippen molar-refractivity contribution in [2.75, 3.05) is 0 Å². The van der Waals surface area contributed by atoms with Gasteiger partial charge in [-0.25, -0.2) is 8.42 Å². The number of nitrogens with zero attached hydrogens (tertiary/aromatic N) is 1. The van der Waals surface area contributed by atoms with Crippen LogP contribution in [0.5, 0.6) is 0 Å². The molecule has 0 amide bonds. The third kappa shape index (κ3) is 4.92. The summed E-state index contributed by atoms with van der Waals surface area (Å²) in [5, 5.41) is 0.379. The van der Waals surface area contributed by atoms with Gasteiger partial charge in [-0.3, -0.25) is 9.78 Å². The van der Waals surface area contributed by atoms with Gasteiger partial charge in [-0.1, -0.05) is 44.5 Å². The molecule has 0 bridgehead atoms. The van der Waals surface area contributed by atoms with Crippen LogP contribution >= 0.6 is 11.6 Å². The molecule has 2 aromatic carbocycles. The van der Waals surface area contributed by atoms with E-state index in [1.54, 1.807) is 36.4 Å². The Morgan fingerprint density at radius 2 is 1.59 bits per heavy atom. The Hall–Kier alpha value is -2.50. The van der Waals surface area contributed by atoms with Crippen molar-refractivity contribution in [3.63, 3.8) is 0 Å². The van der Waals surface area contributed by atoms with Crippen LogP contribution in [0.2, 0.25) is 5.02 Å². The van der Waals surface area contributed by atoms with Gasteiger partial charge in [0.15, 0.2) is 15.6 Å². The average Bonchev–Trinajstić information content (AvgIpc) is 2.67. The van der Waals surface area contributed by atoms with Crippen LogP contribution in [-0.2, 0) is 21.0 Å². The summed E-state index contributed by atoms with van der Waals surface area (Å²) in [5.74, 6) is -0.577. The van der Waals surface area contributed by atoms with Gasteiger partial charge in [-0.2, -0.15) is 0 Å². The predicted molar refractivity (Wildman–Crippen MR) is 115 cm³/mol. The van der Waals surface area contributed by atoms with Gasteiger partial charge in [0, 0.05) is 28.5 Å². The highest BCUT2D eigenvalue weighted by Gasteiger charge is 2.22. The number of benzene rings is 2. The van der Waals surface area contributed by atoms with Crippen molar-refractivity contribution in [2.45, 2.75) is 36.8 Å². The third-order valence-electron chi connectivity index (χ3n) is 4.68. The van der Waals surface area contributed by atoms with Crippen molar-refractivity contribution in [2.24, 2.45) is 0 Å². The van der Waals surface area contributed by atoms with Crippen LogP contribution in [0.25, 0.3) is 0 Å². The monoisotopic (exact) mass is 427 g/mol. The lowest BCUT2D eigenvalue weighted by Gasteiger charge is -2.19. The zero-order chi connectivity index (χ0) is 21.2. The normalized spacial score (nSPS) is 12.0. The number of hydrogen-bond acceptors (Lipinski definition) is 4. The molecule has 0 radical (unpaired) electrons. The second-order valence-electron chi connectivity index (χ2n) is 7.90. The second-order valence-corrected chi connectivity index (χ2v) is 10.3. The second kappa shape index (κ2) is 8.09. The van der Waals surface area contributed by atoms with Gasteiger partial charge in [0.25, 0.3) is 0 Å².